The van der Waals surface area contributed by atoms with Crippen LogP contribution in [-0.4, -0.2) is 11.9 Å². The Morgan fingerprint density at radius 3 is 2.03 bits per heavy atom. The van der Waals surface area contributed by atoms with Crippen molar-refractivity contribution in [1.82, 2.24) is 5.32 Å². The van der Waals surface area contributed by atoms with Crippen molar-refractivity contribution >= 4 is 29.2 Å². The Morgan fingerprint density at radius 1 is 0.879 bits per heavy atom. The summed E-state index contributed by atoms with van der Waals surface area (Å²) < 4.78 is 33.6. The van der Waals surface area contributed by atoms with Crippen molar-refractivity contribution in [3.8, 4) is 11.5 Å². The first kappa shape index (κ1) is 24.2. The molecule has 5 nitrogen and oxygen atoms in total. The SMILES string of the molecule is Cc1cc(Oc2c(C)cc(NC(=O)NC(=O)c3c(F)cccc3F)c(C)c2Cl)cc(C)c1C. The molecule has 0 bridgehead atoms. The summed E-state index contributed by atoms with van der Waals surface area (Å²) in [6.45, 7) is 9.46. The van der Waals surface area contributed by atoms with E-state index in [4.69, 9.17) is 16.3 Å². The van der Waals surface area contributed by atoms with Crippen LogP contribution < -0.4 is 15.4 Å². The van der Waals surface area contributed by atoms with E-state index in [2.05, 4.69) is 5.32 Å². The molecule has 172 valence electrons. The number of hydrogen-bond acceptors (Lipinski definition) is 3. The smallest absolute Gasteiger partial charge is 0.326 e. The number of ether oxygens (including phenoxy) is 1. The highest BCUT2D eigenvalue weighted by Gasteiger charge is 2.21. The molecular weight excluding hydrogens is 450 g/mol. The Morgan fingerprint density at radius 2 is 1.45 bits per heavy atom. The molecule has 3 aromatic carbocycles. The van der Waals surface area contributed by atoms with Crippen LogP contribution in [0.25, 0.3) is 0 Å². The normalized spacial score (nSPS) is 10.7. The number of carbonyl (C=O) groups is 2. The number of halogens is 3. The van der Waals surface area contributed by atoms with Gasteiger partial charge in [0.25, 0.3) is 5.91 Å². The second-order valence-corrected chi connectivity index (χ2v) is 8.18. The van der Waals surface area contributed by atoms with Crippen molar-refractivity contribution in [3.05, 3.63) is 86.4 Å². The average molecular weight is 473 g/mol. The van der Waals surface area contributed by atoms with Gasteiger partial charge >= 0.3 is 6.03 Å². The zero-order valence-corrected chi connectivity index (χ0v) is 19.6. The molecule has 0 radical (unpaired) electrons. The van der Waals surface area contributed by atoms with Crippen LogP contribution in [0.4, 0.5) is 19.3 Å². The molecule has 0 unspecified atom stereocenters. The number of benzene rings is 3. The van der Waals surface area contributed by atoms with Gasteiger partial charge in [-0.05, 0) is 92.8 Å². The van der Waals surface area contributed by atoms with Crippen LogP contribution in [0.15, 0.2) is 36.4 Å². The molecule has 0 saturated carbocycles. The Hall–Kier alpha value is -3.45. The molecule has 0 aliphatic rings. The molecule has 2 N–H and O–H groups in total. The molecule has 0 fully saturated rings. The van der Waals surface area contributed by atoms with E-state index in [9.17, 15) is 18.4 Å². The van der Waals surface area contributed by atoms with E-state index < -0.39 is 29.1 Å². The van der Waals surface area contributed by atoms with Crippen LogP contribution in [0.5, 0.6) is 11.5 Å². The summed E-state index contributed by atoms with van der Waals surface area (Å²) in [5.74, 6) is -2.27. The third-order valence-electron chi connectivity index (χ3n) is 5.44. The molecule has 33 heavy (non-hydrogen) atoms. The lowest BCUT2D eigenvalue weighted by Crippen LogP contribution is -2.35. The molecule has 8 heteroatoms. The molecule has 0 spiro atoms. The zero-order chi connectivity index (χ0) is 24.4. The number of nitrogens with one attached hydrogen (secondary N) is 2. The maximum absolute atomic E-state index is 13.8. The molecule has 3 aromatic rings. The van der Waals surface area contributed by atoms with E-state index in [0.717, 1.165) is 29.3 Å². The lowest BCUT2D eigenvalue weighted by molar-refractivity contribution is 0.0959. The van der Waals surface area contributed by atoms with Crippen LogP contribution in [0.2, 0.25) is 5.02 Å². The third kappa shape index (κ3) is 5.14. The van der Waals surface area contributed by atoms with E-state index in [1.54, 1.807) is 19.9 Å². The van der Waals surface area contributed by atoms with Gasteiger partial charge in [-0.1, -0.05) is 17.7 Å². The summed E-state index contributed by atoms with van der Waals surface area (Å²) in [5.41, 5.74) is 3.96. The number of carbonyl (C=O) groups excluding carboxylic acids is 2. The van der Waals surface area contributed by atoms with Crippen molar-refractivity contribution in [2.45, 2.75) is 34.6 Å². The number of aryl methyl sites for hydroxylation is 3. The van der Waals surface area contributed by atoms with Gasteiger partial charge in [-0.2, -0.15) is 0 Å². The first-order valence-electron chi connectivity index (χ1n) is 10.1. The van der Waals surface area contributed by atoms with Crippen molar-refractivity contribution in [1.29, 1.82) is 0 Å². The number of imide groups is 1. The number of amides is 3. The second-order valence-electron chi connectivity index (χ2n) is 7.80. The number of hydrogen-bond donors (Lipinski definition) is 2. The summed E-state index contributed by atoms with van der Waals surface area (Å²) in [5, 5.41) is 4.70. The lowest BCUT2D eigenvalue weighted by atomic mass is 10.0. The molecule has 0 heterocycles. The van der Waals surface area contributed by atoms with E-state index in [1.165, 1.54) is 5.56 Å². The summed E-state index contributed by atoms with van der Waals surface area (Å²) in [6.07, 6.45) is 0. The molecule has 0 saturated heterocycles. The van der Waals surface area contributed by atoms with Gasteiger partial charge in [0.1, 0.15) is 28.7 Å². The standard InChI is InChI=1S/C25H23ClF2N2O3/c1-12-9-17(10-13(2)15(12)4)33-23-14(3)11-20(16(5)22(23)26)29-25(32)30-24(31)21-18(27)7-6-8-19(21)28/h6-11H,1-5H3,(H2,29,30,31,32). The van der Waals surface area contributed by atoms with Crippen LogP contribution in [0.3, 0.4) is 0 Å². The predicted octanol–water partition coefficient (Wildman–Crippen LogP) is 6.91. The third-order valence-corrected chi connectivity index (χ3v) is 5.89. The molecule has 0 aliphatic carbocycles. The molecule has 0 aromatic heterocycles. The summed E-state index contributed by atoms with van der Waals surface area (Å²) in [6, 6.07) is 7.50. The highest BCUT2D eigenvalue weighted by Crippen LogP contribution is 2.39. The Bertz CT molecular complexity index is 1230. The Kier molecular flexibility index (Phi) is 7.03. The van der Waals surface area contributed by atoms with Gasteiger partial charge in [-0.15, -0.1) is 0 Å². The monoisotopic (exact) mass is 472 g/mol. The average Bonchev–Trinajstić information content (AvgIpc) is 2.73. The van der Waals surface area contributed by atoms with E-state index in [1.807, 2.05) is 38.2 Å². The van der Waals surface area contributed by atoms with Crippen molar-refractivity contribution < 1.29 is 23.1 Å². The van der Waals surface area contributed by atoms with Crippen molar-refractivity contribution in [2.75, 3.05) is 5.32 Å². The molecule has 0 atom stereocenters. The largest absolute Gasteiger partial charge is 0.455 e. The molecule has 3 amide bonds. The minimum atomic E-state index is -1.20. The van der Waals surface area contributed by atoms with Crippen LogP contribution >= 0.6 is 11.6 Å². The molecule has 0 aliphatic heterocycles. The van der Waals surface area contributed by atoms with Crippen LogP contribution in [0.1, 0.15) is 38.2 Å². The van der Waals surface area contributed by atoms with Gasteiger partial charge in [0.15, 0.2) is 0 Å². The molecular formula is C25H23ClF2N2O3. The van der Waals surface area contributed by atoms with Gasteiger partial charge in [-0.3, -0.25) is 10.1 Å². The second kappa shape index (κ2) is 9.58. The Labute approximate surface area is 195 Å². The van der Waals surface area contributed by atoms with Crippen molar-refractivity contribution in [2.24, 2.45) is 0 Å². The number of anilines is 1. The highest BCUT2D eigenvalue weighted by molar-refractivity contribution is 6.33. The summed E-state index contributed by atoms with van der Waals surface area (Å²) in [7, 11) is 0. The van der Waals surface area contributed by atoms with Crippen LogP contribution in [0, 0.1) is 46.3 Å². The van der Waals surface area contributed by atoms with E-state index in [0.29, 0.717) is 28.3 Å². The Balaban J connectivity index is 1.81. The zero-order valence-electron chi connectivity index (χ0n) is 18.8. The quantitative estimate of drug-likeness (QED) is 0.433. The van der Waals surface area contributed by atoms with Gasteiger partial charge in [0, 0.05) is 5.69 Å². The predicted molar refractivity (Wildman–Crippen MR) is 124 cm³/mol. The minimum absolute atomic E-state index is 0.285. The fourth-order valence-corrected chi connectivity index (χ4v) is 3.60. The van der Waals surface area contributed by atoms with Gasteiger partial charge in [0.2, 0.25) is 0 Å². The van der Waals surface area contributed by atoms with Gasteiger partial charge in [0.05, 0.1) is 5.02 Å². The van der Waals surface area contributed by atoms with E-state index >= 15 is 0 Å². The topological polar surface area (TPSA) is 67.4 Å². The minimum Gasteiger partial charge on any atom is -0.455 e. The van der Waals surface area contributed by atoms with Gasteiger partial charge in [-0.25, -0.2) is 13.6 Å². The molecule has 3 rings (SSSR count). The number of urea groups is 1. The van der Waals surface area contributed by atoms with Crippen LogP contribution in [-0.2, 0) is 0 Å². The first-order chi connectivity index (χ1) is 15.5. The fourth-order valence-electron chi connectivity index (χ4n) is 3.31. The maximum Gasteiger partial charge on any atom is 0.326 e. The maximum atomic E-state index is 13.8. The summed E-state index contributed by atoms with van der Waals surface area (Å²) in [4.78, 5) is 24.5. The highest BCUT2D eigenvalue weighted by atomic mass is 35.5. The lowest BCUT2D eigenvalue weighted by Gasteiger charge is -2.18. The van der Waals surface area contributed by atoms with Gasteiger partial charge < -0.3 is 10.1 Å². The number of rotatable bonds is 4. The first-order valence-corrected chi connectivity index (χ1v) is 10.5. The van der Waals surface area contributed by atoms with Crippen molar-refractivity contribution in [3.63, 3.8) is 0 Å². The summed E-state index contributed by atoms with van der Waals surface area (Å²) >= 11 is 6.53. The fraction of sp³-hybridized carbons (Fsp3) is 0.200. The van der Waals surface area contributed by atoms with E-state index in [-0.39, 0.29) is 5.02 Å².